The molecule has 1 fully saturated rings. The fourth-order valence-electron chi connectivity index (χ4n) is 2.55. The van der Waals surface area contributed by atoms with Crippen LogP contribution in [0.1, 0.15) is 6.23 Å². The molecule has 0 spiro atoms. The molecule has 1 aliphatic rings. The lowest BCUT2D eigenvalue weighted by molar-refractivity contribution is -0.0288. The van der Waals surface area contributed by atoms with E-state index >= 15 is 0 Å². The van der Waals surface area contributed by atoms with Crippen molar-refractivity contribution < 1.29 is 43.1 Å². The van der Waals surface area contributed by atoms with Gasteiger partial charge in [-0.05, 0) is 11.4 Å². The summed E-state index contributed by atoms with van der Waals surface area (Å²) < 4.78 is 32.8. The summed E-state index contributed by atoms with van der Waals surface area (Å²) in [4.78, 5) is 48.5. The molecule has 28 heavy (non-hydrogen) atoms. The molecule has 2 unspecified atom stereocenters. The summed E-state index contributed by atoms with van der Waals surface area (Å²) in [6.07, 6.45) is -4.42. The lowest BCUT2D eigenvalue weighted by Gasteiger charge is -2.17. The quantitative estimate of drug-likeness (QED) is 0.237. The van der Waals surface area contributed by atoms with Crippen LogP contribution in [0.5, 0.6) is 0 Å². The second-order valence-corrected chi connectivity index (χ2v) is 11.0. The Balaban J connectivity index is 1.79. The lowest BCUT2D eigenvalue weighted by atomic mass is 10.1. The van der Waals surface area contributed by atoms with Gasteiger partial charge in [-0.15, -0.1) is 0 Å². The Morgan fingerprint density at radius 3 is 2.64 bits per heavy atom. The van der Waals surface area contributed by atoms with Crippen LogP contribution in [0.25, 0.3) is 11.2 Å². The molecule has 0 aromatic carbocycles. The van der Waals surface area contributed by atoms with E-state index in [-0.39, 0.29) is 28.5 Å². The summed E-state index contributed by atoms with van der Waals surface area (Å²) in [7, 11) is -5.22. The molecule has 15 nitrogen and oxygen atoms in total. The molecule has 156 valence electrons. The van der Waals surface area contributed by atoms with Crippen molar-refractivity contribution in [3.05, 3.63) is 16.7 Å². The average Bonchev–Trinajstić information content (AvgIpc) is 3.06. The van der Waals surface area contributed by atoms with Gasteiger partial charge in [-0.3, -0.25) is 14.3 Å². The van der Waals surface area contributed by atoms with Gasteiger partial charge in [0.2, 0.25) is 5.95 Å². The summed E-state index contributed by atoms with van der Waals surface area (Å²) in [5, 5.41) is 20.4. The monoisotopic (exact) mass is 459 g/mol. The first-order valence-corrected chi connectivity index (χ1v) is 12.1. The molecule has 0 aliphatic carbocycles. The van der Waals surface area contributed by atoms with E-state index in [0.717, 1.165) is 10.9 Å². The molecule has 18 heteroatoms. The van der Waals surface area contributed by atoms with Crippen LogP contribution in [-0.4, -0.2) is 68.5 Å². The van der Waals surface area contributed by atoms with Gasteiger partial charge in [-0.2, -0.15) is 9.29 Å². The summed E-state index contributed by atoms with van der Waals surface area (Å²) in [5.41, 5.74) is 4.74. The maximum atomic E-state index is 11.8. The van der Waals surface area contributed by atoms with E-state index in [1.807, 2.05) is 0 Å². The number of anilines is 1. The van der Waals surface area contributed by atoms with Crippen molar-refractivity contribution in [3.63, 3.8) is 0 Å². The van der Waals surface area contributed by atoms with Crippen LogP contribution >= 0.6 is 26.0 Å². The number of nitrogens with two attached hydrogens (primary N) is 1. The number of hydrogen-bond donors (Lipinski definition) is 7. The summed E-state index contributed by atoms with van der Waals surface area (Å²) in [5.74, 6) is -0.666. The first-order valence-electron chi connectivity index (χ1n) is 7.36. The Morgan fingerprint density at radius 2 is 2.00 bits per heavy atom. The van der Waals surface area contributed by atoms with Crippen molar-refractivity contribution in [1.82, 2.24) is 19.5 Å². The third kappa shape index (κ3) is 4.46. The number of rotatable bonds is 6. The van der Waals surface area contributed by atoms with Crippen LogP contribution in [0.2, 0.25) is 0 Å². The van der Waals surface area contributed by atoms with Crippen LogP contribution in [-0.2, 0) is 18.2 Å². The van der Waals surface area contributed by atoms with Gasteiger partial charge < -0.3 is 35.4 Å². The van der Waals surface area contributed by atoms with Crippen LogP contribution < -0.4 is 11.3 Å². The zero-order chi connectivity index (χ0) is 20.9. The number of aromatic nitrogens is 4. The standard InChI is InChI=1S/C10H15N5O10P2S/c11-10-13-7-4(8(18)14-10)12-2-15(7)9-6(17)5(16)3(24-9)1-28-27(22,23)25-26(19,20)21/h2-3,5-6,9,16-17H,1H2,(H,22,23)(H2,19,20,21)(H3,11,13,14,18)/t3-,5?,6+,9-/m1/s1. The number of phosphoric acid groups is 1. The third-order valence-electron chi connectivity index (χ3n) is 3.67. The predicted molar refractivity (Wildman–Crippen MR) is 93.9 cm³/mol. The normalized spacial score (nSPS) is 27.9. The highest BCUT2D eigenvalue weighted by Gasteiger charge is 2.45. The summed E-state index contributed by atoms with van der Waals surface area (Å²) >= 11 is 0.101. The zero-order valence-electron chi connectivity index (χ0n) is 13.6. The van der Waals surface area contributed by atoms with Gasteiger partial charge in [0.25, 0.3) is 5.56 Å². The van der Waals surface area contributed by atoms with Gasteiger partial charge in [0.1, 0.15) is 12.2 Å². The Morgan fingerprint density at radius 1 is 1.32 bits per heavy atom. The Labute approximate surface area is 159 Å². The third-order valence-corrected chi connectivity index (χ3v) is 8.18. The maximum Gasteiger partial charge on any atom is 0.477 e. The number of imidazole rings is 1. The minimum Gasteiger partial charge on any atom is -0.387 e. The molecule has 3 heterocycles. The van der Waals surface area contributed by atoms with Crippen molar-refractivity contribution in [2.75, 3.05) is 11.5 Å². The number of H-pyrrole nitrogens is 1. The minimum atomic E-state index is -5.22. The molecule has 2 aromatic rings. The molecule has 0 saturated carbocycles. The van der Waals surface area contributed by atoms with E-state index in [1.165, 1.54) is 0 Å². The van der Waals surface area contributed by atoms with E-state index in [9.17, 15) is 29.0 Å². The van der Waals surface area contributed by atoms with Gasteiger partial charge in [-0.1, -0.05) is 0 Å². The summed E-state index contributed by atoms with van der Waals surface area (Å²) in [6.45, 7) is -4.76. The zero-order valence-corrected chi connectivity index (χ0v) is 16.2. The number of nitrogen functional groups attached to an aromatic ring is 1. The van der Waals surface area contributed by atoms with Crippen LogP contribution in [0.4, 0.5) is 5.95 Å². The van der Waals surface area contributed by atoms with Gasteiger partial charge in [0, 0.05) is 5.75 Å². The second-order valence-electron chi connectivity index (χ2n) is 5.66. The number of fused-ring (bicyclic) bond motifs is 1. The molecule has 5 atom stereocenters. The van der Waals surface area contributed by atoms with E-state index in [0.29, 0.717) is 0 Å². The van der Waals surface area contributed by atoms with Gasteiger partial charge in [0.05, 0.1) is 12.4 Å². The molecular weight excluding hydrogens is 444 g/mol. The van der Waals surface area contributed by atoms with Crippen LogP contribution in [0.15, 0.2) is 11.1 Å². The fourth-order valence-corrected chi connectivity index (χ4v) is 6.64. The molecule has 1 saturated heterocycles. The van der Waals surface area contributed by atoms with Gasteiger partial charge >= 0.3 is 14.6 Å². The highest BCUT2D eigenvalue weighted by Crippen LogP contribution is 2.65. The molecule has 0 radical (unpaired) electrons. The van der Waals surface area contributed by atoms with Crippen molar-refractivity contribution in [2.24, 2.45) is 0 Å². The average molecular weight is 459 g/mol. The van der Waals surface area contributed by atoms with Gasteiger partial charge in [-0.25, -0.2) is 14.1 Å². The Kier molecular flexibility index (Phi) is 5.73. The van der Waals surface area contributed by atoms with E-state index in [2.05, 4.69) is 19.3 Å². The smallest absolute Gasteiger partial charge is 0.387 e. The number of aliphatic hydroxyl groups excluding tert-OH is 2. The molecule has 0 bridgehead atoms. The van der Waals surface area contributed by atoms with Crippen LogP contribution in [0, 0.1) is 0 Å². The fraction of sp³-hybridized carbons (Fsp3) is 0.500. The maximum absolute atomic E-state index is 11.8. The van der Waals surface area contributed by atoms with Crippen molar-refractivity contribution in [3.8, 4) is 0 Å². The van der Waals surface area contributed by atoms with Crippen molar-refractivity contribution in [1.29, 1.82) is 0 Å². The highest BCUT2D eigenvalue weighted by molar-refractivity contribution is 8.55. The lowest BCUT2D eigenvalue weighted by Crippen LogP contribution is -2.32. The molecular formula is C10H15N5O10P2S. The van der Waals surface area contributed by atoms with E-state index in [1.54, 1.807) is 0 Å². The van der Waals surface area contributed by atoms with Gasteiger partial charge in [0.15, 0.2) is 17.4 Å². The first kappa shape index (κ1) is 21.4. The Hall–Kier alpha value is -1.32. The first-order chi connectivity index (χ1) is 12.9. The second kappa shape index (κ2) is 7.50. The number of aromatic amines is 1. The predicted octanol–water partition coefficient (Wildman–Crippen LogP) is -1.74. The van der Waals surface area contributed by atoms with E-state index < -0.39 is 50.5 Å². The molecule has 0 amide bonds. The highest BCUT2D eigenvalue weighted by atomic mass is 32.7. The topological polar surface area (TPSA) is 243 Å². The number of nitrogens with zero attached hydrogens (tertiary/aromatic N) is 3. The summed E-state index contributed by atoms with van der Waals surface area (Å²) in [6, 6.07) is 0. The SMILES string of the molecule is Nc1nc2c(ncn2[C@@H]2O[C@H](CSP(=O)(O)OP(=O)(O)O)C(O)[C@@H]2O)c(=O)[nH]1. The molecule has 2 aromatic heterocycles. The van der Waals surface area contributed by atoms with Crippen molar-refractivity contribution in [2.45, 2.75) is 24.5 Å². The van der Waals surface area contributed by atoms with Crippen LogP contribution in [0.3, 0.4) is 0 Å². The van der Waals surface area contributed by atoms with E-state index in [4.69, 9.17) is 20.3 Å². The molecule has 3 rings (SSSR count). The number of hydrogen-bond acceptors (Lipinski definition) is 11. The van der Waals surface area contributed by atoms with Crippen molar-refractivity contribution >= 4 is 43.1 Å². The number of nitrogens with one attached hydrogen (secondary N) is 1. The number of ether oxygens (including phenoxy) is 1. The minimum absolute atomic E-state index is 0.0246. The molecule has 8 N–H and O–H groups in total. The molecule has 1 aliphatic heterocycles. The largest absolute Gasteiger partial charge is 0.477 e. The number of aliphatic hydroxyl groups is 2. The Bertz CT molecular complexity index is 1040.